The van der Waals surface area contributed by atoms with Crippen LogP contribution in [0.1, 0.15) is 13.8 Å². The zero-order valence-corrected chi connectivity index (χ0v) is 20.8. The number of halogens is 1. The second-order valence-electron chi connectivity index (χ2n) is 9.10. The summed E-state index contributed by atoms with van der Waals surface area (Å²) in [6, 6.07) is 17.6. The van der Waals surface area contributed by atoms with Crippen LogP contribution in [0.2, 0.25) is 5.02 Å². The van der Waals surface area contributed by atoms with Crippen molar-refractivity contribution in [2.75, 3.05) is 5.32 Å². The van der Waals surface area contributed by atoms with Crippen molar-refractivity contribution in [1.82, 2.24) is 30.1 Å². The molecule has 4 aromatic heterocycles. The second-order valence-corrected chi connectivity index (χ2v) is 9.53. The number of hydrogen-bond acceptors (Lipinski definition) is 5. The molecule has 182 valence electrons. The number of rotatable bonds is 5. The lowest BCUT2D eigenvalue weighted by molar-refractivity contribution is -0.118. The second kappa shape index (κ2) is 9.15. The first-order valence-electron chi connectivity index (χ1n) is 11.8. The standard InChI is InChI=1S/C28H22ClN7O/c1-15(2)28(37)32-20-10-17(12-30-14-20)18-11-22-25(35-36-26(22)31-13-18)27-33-23-8-4-7-21(24(23)34-27)16-5-3-6-19(29)9-16/h3-15H,1-2H3,(H,32,37)(H,33,34)(H,31,35,36). The molecule has 6 aromatic rings. The summed E-state index contributed by atoms with van der Waals surface area (Å²) in [6.07, 6.45) is 5.13. The first-order chi connectivity index (χ1) is 18.0. The van der Waals surface area contributed by atoms with E-state index in [-0.39, 0.29) is 11.8 Å². The third-order valence-electron chi connectivity index (χ3n) is 6.15. The lowest BCUT2D eigenvalue weighted by Crippen LogP contribution is -2.17. The van der Waals surface area contributed by atoms with Crippen molar-refractivity contribution in [2.24, 2.45) is 5.92 Å². The minimum atomic E-state index is -0.127. The van der Waals surface area contributed by atoms with E-state index in [4.69, 9.17) is 16.6 Å². The van der Waals surface area contributed by atoms with Crippen molar-refractivity contribution in [3.8, 4) is 33.8 Å². The van der Waals surface area contributed by atoms with Gasteiger partial charge in [-0.25, -0.2) is 9.97 Å². The van der Waals surface area contributed by atoms with Gasteiger partial charge in [0.2, 0.25) is 5.91 Å². The van der Waals surface area contributed by atoms with Gasteiger partial charge in [0.05, 0.1) is 28.3 Å². The van der Waals surface area contributed by atoms with Crippen LogP contribution in [0.4, 0.5) is 5.69 Å². The van der Waals surface area contributed by atoms with Gasteiger partial charge >= 0.3 is 0 Å². The lowest BCUT2D eigenvalue weighted by Gasteiger charge is -2.09. The fraction of sp³-hybridized carbons (Fsp3) is 0.107. The molecule has 2 aromatic carbocycles. The highest BCUT2D eigenvalue weighted by atomic mass is 35.5. The summed E-state index contributed by atoms with van der Waals surface area (Å²) in [4.78, 5) is 29.3. The number of benzene rings is 2. The summed E-state index contributed by atoms with van der Waals surface area (Å²) in [5.41, 5.74) is 7.31. The Kier molecular flexibility index (Phi) is 5.65. The Morgan fingerprint density at radius 2 is 1.81 bits per heavy atom. The van der Waals surface area contributed by atoms with E-state index in [0.717, 1.165) is 38.7 Å². The van der Waals surface area contributed by atoms with E-state index >= 15 is 0 Å². The van der Waals surface area contributed by atoms with Crippen LogP contribution < -0.4 is 5.32 Å². The molecule has 1 amide bonds. The number of carbonyl (C=O) groups is 1. The Morgan fingerprint density at radius 1 is 0.973 bits per heavy atom. The molecule has 6 rings (SSSR count). The zero-order chi connectivity index (χ0) is 25.5. The van der Waals surface area contributed by atoms with E-state index in [2.05, 4.69) is 30.5 Å². The van der Waals surface area contributed by atoms with Gasteiger partial charge < -0.3 is 10.3 Å². The van der Waals surface area contributed by atoms with Crippen molar-refractivity contribution in [2.45, 2.75) is 13.8 Å². The molecule has 0 spiro atoms. The first-order valence-corrected chi connectivity index (χ1v) is 12.2. The minimum absolute atomic E-state index is 0.0633. The molecular formula is C28H22ClN7O. The maximum absolute atomic E-state index is 12.1. The van der Waals surface area contributed by atoms with E-state index in [1.165, 1.54) is 0 Å². The third-order valence-corrected chi connectivity index (χ3v) is 6.39. The maximum atomic E-state index is 12.1. The van der Waals surface area contributed by atoms with Gasteiger partial charge in [0.1, 0.15) is 5.69 Å². The Balaban J connectivity index is 1.41. The van der Waals surface area contributed by atoms with Crippen molar-refractivity contribution in [3.63, 3.8) is 0 Å². The smallest absolute Gasteiger partial charge is 0.226 e. The van der Waals surface area contributed by atoms with Gasteiger partial charge in [-0.05, 0) is 35.9 Å². The number of pyridine rings is 2. The molecular weight excluding hydrogens is 486 g/mol. The van der Waals surface area contributed by atoms with Crippen LogP contribution in [0.3, 0.4) is 0 Å². The predicted octanol–water partition coefficient (Wildman–Crippen LogP) is 6.48. The normalized spacial score (nSPS) is 11.5. The molecule has 8 nitrogen and oxygen atoms in total. The number of imidazole rings is 1. The molecule has 37 heavy (non-hydrogen) atoms. The summed E-state index contributed by atoms with van der Waals surface area (Å²) in [7, 11) is 0. The number of anilines is 1. The van der Waals surface area contributed by atoms with Gasteiger partial charge in [0, 0.05) is 40.0 Å². The summed E-state index contributed by atoms with van der Waals surface area (Å²) >= 11 is 6.24. The highest BCUT2D eigenvalue weighted by Gasteiger charge is 2.17. The highest BCUT2D eigenvalue weighted by Crippen LogP contribution is 2.33. The molecule has 0 unspecified atom stereocenters. The van der Waals surface area contributed by atoms with E-state index in [9.17, 15) is 4.79 Å². The van der Waals surface area contributed by atoms with E-state index in [1.807, 2.05) is 68.4 Å². The molecule has 0 aliphatic rings. The number of nitrogens with zero attached hydrogens (tertiary/aromatic N) is 4. The molecule has 0 saturated carbocycles. The summed E-state index contributed by atoms with van der Waals surface area (Å²) in [5.74, 6) is 0.441. The number of H-pyrrole nitrogens is 2. The fourth-order valence-corrected chi connectivity index (χ4v) is 4.42. The van der Waals surface area contributed by atoms with Gasteiger partial charge in [-0.15, -0.1) is 0 Å². The topological polar surface area (TPSA) is 112 Å². The number of fused-ring (bicyclic) bond motifs is 2. The summed E-state index contributed by atoms with van der Waals surface area (Å²) in [5, 5.41) is 11.9. The molecule has 0 saturated heterocycles. The summed E-state index contributed by atoms with van der Waals surface area (Å²) < 4.78 is 0. The number of carbonyl (C=O) groups excluding carboxylic acids is 1. The van der Waals surface area contributed by atoms with Crippen LogP contribution in [0, 0.1) is 5.92 Å². The van der Waals surface area contributed by atoms with Gasteiger partial charge in [-0.2, -0.15) is 5.10 Å². The van der Waals surface area contributed by atoms with Crippen LogP contribution in [0.5, 0.6) is 0 Å². The van der Waals surface area contributed by atoms with Crippen LogP contribution in [-0.2, 0) is 4.79 Å². The predicted molar refractivity (Wildman–Crippen MR) is 146 cm³/mol. The van der Waals surface area contributed by atoms with Crippen molar-refractivity contribution in [3.05, 3.63) is 78.2 Å². The van der Waals surface area contributed by atoms with E-state index in [0.29, 0.717) is 27.9 Å². The van der Waals surface area contributed by atoms with Crippen molar-refractivity contribution in [1.29, 1.82) is 0 Å². The van der Waals surface area contributed by atoms with Gasteiger partial charge in [0.25, 0.3) is 0 Å². The van der Waals surface area contributed by atoms with Crippen LogP contribution in [0.15, 0.2) is 73.2 Å². The average molecular weight is 508 g/mol. The highest BCUT2D eigenvalue weighted by molar-refractivity contribution is 6.30. The zero-order valence-electron chi connectivity index (χ0n) is 20.1. The van der Waals surface area contributed by atoms with Gasteiger partial charge in [-0.1, -0.05) is 49.7 Å². The molecule has 0 bridgehead atoms. The Labute approximate surface area is 217 Å². The molecule has 3 N–H and O–H groups in total. The number of hydrogen-bond donors (Lipinski definition) is 3. The Morgan fingerprint density at radius 3 is 2.65 bits per heavy atom. The quantitative estimate of drug-likeness (QED) is 0.247. The number of nitrogens with one attached hydrogen (secondary N) is 3. The monoisotopic (exact) mass is 507 g/mol. The average Bonchev–Trinajstić information content (AvgIpc) is 3.52. The Bertz CT molecular complexity index is 1790. The maximum Gasteiger partial charge on any atom is 0.226 e. The van der Waals surface area contributed by atoms with E-state index in [1.54, 1.807) is 18.6 Å². The first kappa shape index (κ1) is 22.9. The fourth-order valence-electron chi connectivity index (χ4n) is 4.23. The minimum Gasteiger partial charge on any atom is -0.337 e. The number of aromatic nitrogens is 6. The SMILES string of the molecule is CC(C)C(=O)Nc1cncc(-c2cnc3[nH]nc(-c4nc5c(-c6cccc(Cl)c6)cccc5[nH]4)c3c2)c1. The van der Waals surface area contributed by atoms with E-state index < -0.39 is 0 Å². The third kappa shape index (κ3) is 4.32. The molecule has 0 radical (unpaired) electrons. The van der Waals surface area contributed by atoms with Crippen LogP contribution >= 0.6 is 11.6 Å². The van der Waals surface area contributed by atoms with Crippen LogP contribution in [0.25, 0.3) is 55.8 Å². The van der Waals surface area contributed by atoms with Crippen molar-refractivity contribution >= 4 is 45.3 Å². The molecule has 4 heterocycles. The number of para-hydroxylation sites is 1. The number of amides is 1. The largest absolute Gasteiger partial charge is 0.337 e. The Hall–Kier alpha value is -4.56. The number of aromatic amines is 2. The molecule has 0 atom stereocenters. The summed E-state index contributed by atoms with van der Waals surface area (Å²) in [6.45, 7) is 3.70. The lowest BCUT2D eigenvalue weighted by atomic mass is 10.0. The van der Waals surface area contributed by atoms with Gasteiger partial charge in [0.15, 0.2) is 11.5 Å². The molecule has 0 aliphatic carbocycles. The van der Waals surface area contributed by atoms with Crippen LogP contribution in [-0.4, -0.2) is 36.0 Å². The molecule has 0 fully saturated rings. The van der Waals surface area contributed by atoms with Gasteiger partial charge in [-0.3, -0.25) is 14.9 Å². The van der Waals surface area contributed by atoms with Crippen molar-refractivity contribution < 1.29 is 4.79 Å². The molecule has 0 aliphatic heterocycles. The molecule has 9 heteroatoms.